The predicted molar refractivity (Wildman–Crippen MR) is 59.9 cm³/mol. The van der Waals surface area contributed by atoms with Crippen LogP contribution in [0.2, 0.25) is 5.02 Å². The molecule has 1 saturated carbocycles. The lowest BCUT2D eigenvalue weighted by Gasteiger charge is -2.33. The van der Waals surface area contributed by atoms with Gasteiger partial charge in [-0.3, -0.25) is 10.7 Å². The van der Waals surface area contributed by atoms with Gasteiger partial charge in [-0.15, -0.1) is 0 Å². The minimum atomic E-state index is -0.523. The first kappa shape index (κ1) is 10.7. The van der Waals surface area contributed by atoms with Crippen molar-refractivity contribution in [3.05, 3.63) is 23.5 Å². The molecular formula is C11H15ClN2O. The van der Waals surface area contributed by atoms with E-state index in [1.807, 2.05) is 0 Å². The first-order chi connectivity index (χ1) is 7.18. The fraction of sp³-hybridized carbons (Fsp3) is 0.545. The van der Waals surface area contributed by atoms with E-state index in [9.17, 15) is 0 Å². The maximum Gasteiger partial charge on any atom is 0.158 e. The summed E-state index contributed by atoms with van der Waals surface area (Å²) in [5.74, 6) is 0.659. The molecule has 15 heavy (non-hydrogen) atoms. The van der Waals surface area contributed by atoms with Crippen molar-refractivity contribution in [2.75, 3.05) is 0 Å². The van der Waals surface area contributed by atoms with Crippen LogP contribution >= 0.6 is 11.6 Å². The largest absolute Gasteiger partial charge is 0.471 e. The normalized spacial score (nSPS) is 19.9. The standard InChI is InChI=1S/C11H15ClN2O/c12-9-6-10(8-14-7-9)15-11(13)4-2-1-3-5-11/h6-8H,1-5,13H2. The number of hydrogen-bond acceptors (Lipinski definition) is 3. The molecule has 2 N–H and O–H groups in total. The molecule has 4 heteroatoms. The van der Waals surface area contributed by atoms with Crippen LogP contribution in [-0.4, -0.2) is 10.7 Å². The quantitative estimate of drug-likeness (QED) is 0.789. The average Bonchev–Trinajstić information content (AvgIpc) is 2.18. The van der Waals surface area contributed by atoms with Crippen LogP contribution < -0.4 is 10.5 Å². The lowest BCUT2D eigenvalue weighted by molar-refractivity contribution is 0.0361. The highest BCUT2D eigenvalue weighted by atomic mass is 35.5. The third kappa shape index (κ3) is 2.83. The van der Waals surface area contributed by atoms with Gasteiger partial charge in [0.05, 0.1) is 11.2 Å². The molecule has 1 heterocycles. The zero-order valence-electron chi connectivity index (χ0n) is 8.58. The molecule has 0 atom stereocenters. The van der Waals surface area contributed by atoms with Crippen molar-refractivity contribution >= 4 is 11.6 Å². The topological polar surface area (TPSA) is 48.1 Å². The molecule has 1 aromatic heterocycles. The van der Waals surface area contributed by atoms with Crippen LogP contribution in [0.3, 0.4) is 0 Å². The lowest BCUT2D eigenvalue weighted by Crippen LogP contribution is -2.47. The zero-order valence-corrected chi connectivity index (χ0v) is 9.33. The summed E-state index contributed by atoms with van der Waals surface area (Å²) in [6, 6.07) is 1.75. The summed E-state index contributed by atoms with van der Waals surface area (Å²) in [6.45, 7) is 0. The van der Waals surface area contributed by atoms with Crippen molar-refractivity contribution in [2.24, 2.45) is 5.73 Å². The molecule has 2 rings (SSSR count). The molecule has 0 aliphatic heterocycles. The SMILES string of the molecule is NC1(Oc2cncc(Cl)c2)CCCCC1. The van der Waals surface area contributed by atoms with Crippen molar-refractivity contribution in [1.82, 2.24) is 4.98 Å². The van der Waals surface area contributed by atoms with E-state index in [0.29, 0.717) is 10.8 Å². The number of nitrogens with zero attached hydrogens (tertiary/aromatic N) is 1. The maximum atomic E-state index is 6.15. The summed E-state index contributed by atoms with van der Waals surface area (Å²) >= 11 is 5.82. The molecule has 0 saturated heterocycles. The van der Waals surface area contributed by atoms with Gasteiger partial charge in [0, 0.05) is 25.1 Å². The van der Waals surface area contributed by atoms with Gasteiger partial charge in [0.25, 0.3) is 0 Å². The van der Waals surface area contributed by atoms with Crippen molar-refractivity contribution < 1.29 is 4.74 Å². The van der Waals surface area contributed by atoms with Crippen LogP contribution in [0.4, 0.5) is 0 Å². The Kier molecular flexibility index (Phi) is 3.12. The monoisotopic (exact) mass is 226 g/mol. The predicted octanol–water partition coefficient (Wildman–Crippen LogP) is 2.73. The minimum absolute atomic E-state index is 0.523. The molecular weight excluding hydrogens is 212 g/mol. The van der Waals surface area contributed by atoms with Gasteiger partial charge in [-0.2, -0.15) is 0 Å². The Morgan fingerprint density at radius 1 is 1.27 bits per heavy atom. The molecule has 3 nitrogen and oxygen atoms in total. The Hall–Kier alpha value is -0.800. The van der Waals surface area contributed by atoms with E-state index in [-0.39, 0.29) is 0 Å². The van der Waals surface area contributed by atoms with E-state index < -0.39 is 5.72 Å². The van der Waals surface area contributed by atoms with Gasteiger partial charge in [-0.1, -0.05) is 18.0 Å². The van der Waals surface area contributed by atoms with E-state index in [2.05, 4.69) is 4.98 Å². The Morgan fingerprint density at radius 3 is 2.67 bits per heavy atom. The summed E-state index contributed by atoms with van der Waals surface area (Å²) in [5, 5.41) is 0.576. The van der Waals surface area contributed by atoms with Gasteiger partial charge in [0.15, 0.2) is 5.72 Å². The van der Waals surface area contributed by atoms with E-state index in [1.165, 1.54) is 6.42 Å². The number of hydrogen-bond donors (Lipinski definition) is 1. The number of ether oxygens (including phenoxy) is 1. The van der Waals surface area contributed by atoms with Gasteiger partial charge >= 0.3 is 0 Å². The van der Waals surface area contributed by atoms with Crippen LogP contribution in [0.5, 0.6) is 5.75 Å². The highest BCUT2D eigenvalue weighted by Crippen LogP contribution is 2.29. The number of pyridine rings is 1. The minimum Gasteiger partial charge on any atom is -0.471 e. The highest BCUT2D eigenvalue weighted by Gasteiger charge is 2.29. The molecule has 0 bridgehead atoms. The third-order valence-corrected chi connectivity index (χ3v) is 2.91. The second-order valence-electron chi connectivity index (χ2n) is 4.07. The molecule has 1 aliphatic rings. The van der Waals surface area contributed by atoms with Gasteiger partial charge in [-0.25, -0.2) is 0 Å². The Labute approximate surface area is 94.6 Å². The summed E-state index contributed by atoms with van der Waals surface area (Å²) in [7, 11) is 0. The van der Waals surface area contributed by atoms with Crippen molar-refractivity contribution in [1.29, 1.82) is 0 Å². The van der Waals surface area contributed by atoms with E-state index in [1.54, 1.807) is 18.5 Å². The molecule has 0 aromatic carbocycles. The summed E-state index contributed by atoms with van der Waals surface area (Å²) in [5.41, 5.74) is 5.62. The Morgan fingerprint density at radius 2 is 2.00 bits per heavy atom. The summed E-state index contributed by atoms with van der Waals surface area (Å²) < 4.78 is 5.75. The first-order valence-electron chi connectivity index (χ1n) is 5.26. The number of nitrogens with two attached hydrogens (primary N) is 1. The number of rotatable bonds is 2. The fourth-order valence-electron chi connectivity index (χ4n) is 1.94. The molecule has 1 fully saturated rings. The van der Waals surface area contributed by atoms with Gasteiger partial charge in [0.2, 0.25) is 0 Å². The van der Waals surface area contributed by atoms with Gasteiger partial charge < -0.3 is 4.74 Å². The van der Waals surface area contributed by atoms with Crippen LogP contribution in [0.15, 0.2) is 18.5 Å². The van der Waals surface area contributed by atoms with E-state index in [0.717, 1.165) is 25.7 Å². The van der Waals surface area contributed by atoms with Gasteiger partial charge in [0.1, 0.15) is 5.75 Å². The molecule has 0 amide bonds. The second kappa shape index (κ2) is 4.37. The third-order valence-electron chi connectivity index (χ3n) is 2.70. The summed E-state index contributed by atoms with van der Waals surface area (Å²) in [6.07, 6.45) is 8.54. The molecule has 0 radical (unpaired) electrons. The second-order valence-corrected chi connectivity index (χ2v) is 4.50. The summed E-state index contributed by atoms with van der Waals surface area (Å²) in [4.78, 5) is 3.97. The first-order valence-corrected chi connectivity index (χ1v) is 5.64. The zero-order chi connectivity index (χ0) is 10.7. The Balaban J connectivity index is 2.06. The number of halogens is 1. The van der Waals surface area contributed by atoms with Crippen molar-refractivity contribution in [2.45, 2.75) is 37.8 Å². The molecule has 0 spiro atoms. The molecule has 1 aliphatic carbocycles. The van der Waals surface area contributed by atoms with Crippen LogP contribution in [-0.2, 0) is 0 Å². The number of aromatic nitrogens is 1. The maximum absolute atomic E-state index is 6.15. The van der Waals surface area contributed by atoms with Crippen LogP contribution in [0.25, 0.3) is 0 Å². The fourth-order valence-corrected chi connectivity index (χ4v) is 2.10. The van der Waals surface area contributed by atoms with Crippen molar-refractivity contribution in [3.8, 4) is 5.75 Å². The van der Waals surface area contributed by atoms with Crippen LogP contribution in [0, 0.1) is 0 Å². The van der Waals surface area contributed by atoms with Crippen LogP contribution in [0.1, 0.15) is 32.1 Å². The molecule has 0 unspecified atom stereocenters. The smallest absolute Gasteiger partial charge is 0.158 e. The molecule has 1 aromatic rings. The van der Waals surface area contributed by atoms with E-state index in [4.69, 9.17) is 22.1 Å². The van der Waals surface area contributed by atoms with Crippen molar-refractivity contribution in [3.63, 3.8) is 0 Å². The van der Waals surface area contributed by atoms with Gasteiger partial charge in [-0.05, 0) is 12.8 Å². The lowest BCUT2D eigenvalue weighted by atomic mass is 9.92. The van der Waals surface area contributed by atoms with E-state index >= 15 is 0 Å². The molecule has 82 valence electrons. The highest BCUT2D eigenvalue weighted by molar-refractivity contribution is 6.30. The average molecular weight is 227 g/mol. The Bertz CT molecular complexity index is 337.